The lowest BCUT2D eigenvalue weighted by Crippen LogP contribution is -2.29. The fourth-order valence-electron chi connectivity index (χ4n) is 1.84. The number of rotatable bonds is 2. The Kier molecular flexibility index (Phi) is 4.16. The van der Waals surface area contributed by atoms with Gasteiger partial charge in [-0.05, 0) is 15.9 Å². The number of halogens is 1. The Bertz CT molecular complexity index is 450. The van der Waals surface area contributed by atoms with Crippen molar-refractivity contribution in [1.29, 1.82) is 0 Å². The maximum Gasteiger partial charge on any atom is 0.221 e. The van der Waals surface area contributed by atoms with Crippen LogP contribution in [0, 0.1) is 0 Å². The van der Waals surface area contributed by atoms with E-state index >= 15 is 0 Å². The van der Waals surface area contributed by atoms with E-state index in [-0.39, 0.29) is 11.8 Å². The zero-order valence-electron chi connectivity index (χ0n) is 10.6. The van der Waals surface area contributed by atoms with Crippen LogP contribution in [0.5, 0.6) is 0 Å². The van der Waals surface area contributed by atoms with Gasteiger partial charge in [0, 0.05) is 38.0 Å². The van der Waals surface area contributed by atoms with E-state index in [1.165, 1.54) is 0 Å². The van der Waals surface area contributed by atoms with E-state index in [1.54, 1.807) is 0 Å². The molecule has 0 aromatic carbocycles. The van der Waals surface area contributed by atoms with Gasteiger partial charge in [0.2, 0.25) is 5.91 Å². The molecule has 0 unspecified atom stereocenters. The van der Waals surface area contributed by atoms with Gasteiger partial charge < -0.3 is 10.2 Å². The first-order valence-electron chi connectivity index (χ1n) is 6.12. The van der Waals surface area contributed by atoms with Gasteiger partial charge in [-0.2, -0.15) is 0 Å². The molecule has 2 rings (SSSR count). The standard InChI is InChI=1S/C12H17BrN4O/c1-8(2)12-15-9(13)7-10(16-12)17-5-3-11(18)14-4-6-17/h7-8H,3-6H2,1-2H3,(H,14,18). The Morgan fingerprint density at radius 1 is 1.39 bits per heavy atom. The van der Waals surface area contributed by atoms with E-state index < -0.39 is 0 Å². The van der Waals surface area contributed by atoms with E-state index in [1.807, 2.05) is 6.07 Å². The molecule has 1 amide bonds. The molecule has 18 heavy (non-hydrogen) atoms. The van der Waals surface area contributed by atoms with Crippen molar-refractivity contribution in [1.82, 2.24) is 15.3 Å². The molecule has 98 valence electrons. The number of nitrogens with zero attached hydrogens (tertiary/aromatic N) is 3. The highest BCUT2D eigenvalue weighted by Crippen LogP contribution is 2.20. The van der Waals surface area contributed by atoms with E-state index in [0.29, 0.717) is 19.5 Å². The molecule has 6 heteroatoms. The summed E-state index contributed by atoms with van der Waals surface area (Å²) in [6.07, 6.45) is 0.513. The molecule has 5 nitrogen and oxygen atoms in total. The lowest BCUT2D eigenvalue weighted by Gasteiger charge is -2.21. The van der Waals surface area contributed by atoms with Crippen LogP contribution in [0.4, 0.5) is 5.82 Å². The van der Waals surface area contributed by atoms with E-state index in [4.69, 9.17) is 0 Å². The zero-order chi connectivity index (χ0) is 13.1. The summed E-state index contributed by atoms with van der Waals surface area (Å²) in [7, 11) is 0. The van der Waals surface area contributed by atoms with Crippen molar-refractivity contribution in [3.63, 3.8) is 0 Å². The fraction of sp³-hybridized carbons (Fsp3) is 0.583. The minimum atomic E-state index is 0.106. The predicted octanol–water partition coefficient (Wildman–Crippen LogP) is 1.69. The van der Waals surface area contributed by atoms with Crippen LogP contribution in [-0.2, 0) is 4.79 Å². The molecule has 1 fully saturated rings. The first kappa shape index (κ1) is 13.3. The Morgan fingerprint density at radius 3 is 2.89 bits per heavy atom. The SMILES string of the molecule is CC(C)c1nc(Br)cc(N2CCNC(=O)CC2)n1. The van der Waals surface area contributed by atoms with Crippen molar-refractivity contribution < 1.29 is 4.79 Å². The summed E-state index contributed by atoms with van der Waals surface area (Å²) < 4.78 is 0.791. The minimum Gasteiger partial charge on any atom is -0.354 e. The van der Waals surface area contributed by atoms with E-state index in [2.05, 4.69) is 50.0 Å². The number of hydrogen-bond acceptors (Lipinski definition) is 4. The molecule has 1 aliphatic rings. The number of carbonyl (C=O) groups is 1. The largest absolute Gasteiger partial charge is 0.354 e. The molecule has 0 spiro atoms. The molecule has 0 bridgehead atoms. The van der Waals surface area contributed by atoms with Gasteiger partial charge in [0.15, 0.2) is 0 Å². The molecule has 1 aromatic heterocycles. The predicted molar refractivity (Wildman–Crippen MR) is 73.7 cm³/mol. The zero-order valence-corrected chi connectivity index (χ0v) is 12.2. The second-order valence-corrected chi connectivity index (χ2v) is 5.46. The lowest BCUT2D eigenvalue weighted by molar-refractivity contribution is -0.120. The van der Waals surface area contributed by atoms with Gasteiger partial charge in [-0.3, -0.25) is 4.79 Å². The first-order valence-corrected chi connectivity index (χ1v) is 6.91. The Morgan fingerprint density at radius 2 is 2.17 bits per heavy atom. The number of nitrogens with one attached hydrogen (secondary N) is 1. The highest BCUT2D eigenvalue weighted by atomic mass is 79.9. The summed E-state index contributed by atoms with van der Waals surface area (Å²) >= 11 is 3.42. The quantitative estimate of drug-likeness (QED) is 0.844. The molecule has 0 radical (unpaired) electrons. The monoisotopic (exact) mass is 312 g/mol. The average molecular weight is 313 g/mol. The summed E-state index contributed by atoms with van der Waals surface area (Å²) in [5, 5.41) is 2.86. The Hall–Kier alpha value is -1.17. The third-order valence-electron chi connectivity index (χ3n) is 2.85. The summed E-state index contributed by atoms with van der Waals surface area (Å²) in [6.45, 7) is 6.29. The van der Waals surface area contributed by atoms with Crippen LogP contribution in [0.15, 0.2) is 10.7 Å². The summed E-state index contributed by atoms with van der Waals surface area (Å²) in [5.74, 6) is 2.10. The molecule has 2 heterocycles. The Balaban J connectivity index is 2.23. The van der Waals surface area contributed by atoms with Gasteiger partial charge in [0.05, 0.1) is 0 Å². The van der Waals surface area contributed by atoms with Gasteiger partial charge in [0.1, 0.15) is 16.2 Å². The van der Waals surface area contributed by atoms with Crippen LogP contribution >= 0.6 is 15.9 Å². The molecular weight excluding hydrogens is 296 g/mol. The van der Waals surface area contributed by atoms with Crippen LogP contribution in [-0.4, -0.2) is 35.5 Å². The van der Waals surface area contributed by atoms with Crippen molar-refractivity contribution in [2.75, 3.05) is 24.5 Å². The molecule has 1 aliphatic heterocycles. The maximum atomic E-state index is 11.3. The third kappa shape index (κ3) is 3.19. The second kappa shape index (κ2) is 5.65. The number of aromatic nitrogens is 2. The first-order chi connectivity index (χ1) is 8.56. The molecule has 0 aliphatic carbocycles. The van der Waals surface area contributed by atoms with Gasteiger partial charge in [-0.1, -0.05) is 13.8 Å². The molecule has 0 atom stereocenters. The smallest absolute Gasteiger partial charge is 0.221 e. The molecule has 1 saturated heterocycles. The van der Waals surface area contributed by atoms with Crippen LogP contribution in [0.1, 0.15) is 32.0 Å². The van der Waals surface area contributed by atoms with Gasteiger partial charge >= 0.3 is 0 Å². The van der Waals surface area contributed by atoms with Gasteiger partial charge in [-0.25, -0.2) is 9.97 Å². The van der Waals surface area contributed by atoms with Gasteiger partial charge in [-0.15, -0.1) is 0 Å². The molecular formula is C12H17BrN4O. The second-order valence-electron chi connectivity index (χ2n) is 4.65. The maximum absolute atomic E-state index is 11.3. The number of carbonyl (C=O) groups excluding carboxylic acids is 1. The molecule has 1 aromatic rings. The van der Waals surface area contributed by atoms with Crippen molar-refractivity contribution in [3.8, 4) is 0 Å². The summed E-state index contributed by atoms with van der Waals surface area (Å²) in [4.78, 5) is 22.4. The number of hydrogen-bond donors (Lipinski definition) is 1. The van der Waals surface area contributed by atoms with Crippen LogP contribution in [0.2, 0.25) is 0 Å². The minimum absolute atomic E-state index is 0.106. The van der Waals surface area contributed by atoms with Crippen molar-refractivity contribution in [2.24, 2.45) is 0 Å². The normalized spacial score (nSPS) is 16.7. The van der Waals surface area contributed by atoms with Crippen molar-refractivity contribution in [3.05, 3.63) is 16.5 Å². The highest BCUT2D eigenvalue weighted by Gasteiger charge is 2.16. The van der Waals surface area contributed by atoms with Crippen molar-refractivity contribution >= 4 is 27.7 Å². The van der Waals surface area contributed by atoms with E-state index in [9.17, 15) is 4.79 Å². The highest BCUT2D eigenvalue weighted by molar-refractivity contribution is 9.10. The van der Waals surface area contributed by atoms with Gasteiger partial charge in [0.25, 0.3) is 0 Å². The third-order valence-corrected chi connectivity index (χ3v) is 3.26. The molecule has 1 N–H and O–H groups in total. The number of anilines is 1. The fourth-order valence-corrected chi connectivity index (χ4v) is 2.23. The molecule has 0 saturated carbocycles. The number of amides is 1. The summed E-state index contributed by atoms with van der Waals surface area (Å²) in [6, 6.07) is 1.90. The average Bonchev–Trinajstić information content (AvgIpc) is 2.53. The topological polar surface area (TPSA) is 58.1 Å². The van der Waals surface area contributed by atoms with Crippen molar-refractivity contribution in [2.45, 2.75) is 26.2 Å². The Labute approximate surface area is 115 Å². The van der Waals surface area contributed by atoms with E-state index in [0.717, 1.165) is 22.8 Å². The lowest BCUT2D eigenvalue weighted by atomic mass is 10.2. The summed E-state index contributed by atoms with van der Waals surface area (Å²) in [5.41, 5.74) is 0. The van der Waals surface area contributed by atoms with Crippen LogP contribution in [0.3, 0.4) is 0 Å². The van der Waals surface area contributed by atoms with Crippen LogP contribution in [0.25, 0.3) is 0 Å². The van der Waals surface area contributed by atoms with Crippen LogP contribution < -0.4 is 10.2 Å².